The molecule has 28 heavy (non-hydrogen) atoms. The van der Waals surface area contributed by atoms with Crippen LogP contribution >= 0.6 is 0 Å². The topological polar surface area (TPSA) is 88.8 Å². The smallest absolute Gasteiger partial charge is 0.328 e. The van der Waals surface area contributed by atoms with E-state index in [0.717, 1.165) is 16.7 Å². The van der Waals surface area contributed by atoms with Crippen LogP contribution in [0.15, 0.2) is 71.1 Å². The van der Waals surface area contributed by atoms with Crippen molar-refractivity contribution < 1.29 is 23.8 Å². The Hall–Kier alpha value is -3.38. The normalized spacial score (nSPS) is 11.8. The van der Waals surface area contributed by atoms with Gasteiger partial charge in [0.2, 0.25) is 0 Å². The van der Waals surface area contributed by atoms with Gasteiger partial charge >= 0.3 is 5.97 Å². The second kappa shape index (κ2) is 9.01. The van der Waals surface area contributed by atoms with E-state index in [1.165, 1.54) is 6.07 Å². The highest BCUT2D eigenvalue weighted by molar-refractivity contribution is 5.94. The summed E-state index contributed by atoms with van der Waals surface area (Å²) >= 11 is 0. The SMILES string of the molecule is Cc1ccc(-c2ccc(C(=O)NC(COCc3ccccc3)C(=O)O)o2)cc1. The van der Waals surface area contributed by atoms with Crippen molar-refractivity contribution in [2.24, 2.45) is 0 Å². The van der Waals surface area contributed by atoms with E-state index in [0.29, 0.717) is 5.76 Å². The fourth-order valence-electron chi connectivity index (χ4n) is 2.61. The van der Waals surface area contributed by atoms with Crippen LogP contribution in [0.5, 0.6) is 0 Å². The number of benzene rings is 2. The van der Waals surface area contributed by atoms with Crippen LogP contribution in [0.2, 0.25) is 0 Å². The van der Waals surface area contributed by atoms with Gasteiger partial charge in [-0.1, -0.05) is 60.2 Å². The number of furan rings is 1. The number of carbonyl (C=O) groups excluding carboxylic acids is 1. The minimum absolute atomic E-state index is 0.0462. The lowest BCUT2D eigenvalue weighted by molar-refractivity contribution is -0.141. The molecule has 1 heterocycles. The van der Waals surface area contributed by atoms with Gasteiger partial charge in [-0.2, -0.15) is 0 Å². The molecular weight excluding hydrogens is 358 g/mol. The number of ether oxygens (including phenoxy) is 1. The number of rotatable bonds is 8. The second-order valence-electron chi connectivity index (χ2n) is 6.39. The molecule has 0 bridgehead atoms. The molecule has 144 valence electrons. The predicted molar refractivity (Wildman–Crippen MR) is 104 cm³/mol. The van der Waals surface area contributed by atoms with Crippen LogP contribution in [-0.4, -0.2) is 29.6 Å². The van der Waals surface area contributed by atoms with Crippen molar-refractivity contribution in [1.29, 1.82) is 0 Å². The van der Waals surface area contributed by atoms with E-state index in [-0.39, 0.29) is 19.0 Å². The number of carboxylic acids is 1. The summed E-state index contributed by atoms with van der Waals surface area (Å²) in [7, 11) is 0. The fraction of sp³-hybridized carbons (Fsp3) is 0.182. The van der Waals surface area contributed by atoms with E-state index >= 15 is 0 Å². The van der Waals surface area contributed by atoms with Crippen molar-refractivity contribution in [2.75, 3.05) is 6.61 Å². The molecule has 2 N–H and O–H groups in total. The van der Waals surface area contributed by atoms with Gasteiger partial charge in [0.25, 0.3) is 5.91 Å². The summed E-state index contributed by atoms with van der Waals surface area (Å²) in [5, 5.41) is 11.8. The third kappa shape index (κ3) is 5.08. The number of amides is 1. The number of hydrogen-bond acceptors (Lipinski definition) is 4. The van der Waals surface area contributed by atoms with E-state index in [1.54, 1.807) is 6.07 Å². The monoisotopic (exact) mass is 379 g/mol. The molecule has 2 aromatic carbocycles. The number of aryl methyl sites for hydroxylation is 1. The van der Waals surface area contributed by atoms with Gasteiger partial charge in [-0.05, 0) is 24.6 Å². The molecule has 1 atom stereocenters. The first kappa shape index (κ1) is 19.4. The van der Waals surface area contributed by atoms with Crippen LogP contribution in [0.1, 0.15) is 21.7 Å². The van der Waals surface area contributed by atoms with Crippen LogP contribution < -0.4 is 5.32 Å². The van der Waals surface area contributed by atoms with Crippen molar-refractivity contribution in [2.45, 2.75) is 19.6 Å². The largest absolute Gasteiger partial charge is 0.480 e. The van der Waals surface area contributed by atoms with E-state index in [1.807, 2.05) is 61.5 Å². The average Bonchev–Trinajstić information content (AvgIpc) is 3.19. The lowest BCUT2D eigenvalue weighted by Crippen LogP contribution is -2.43. The Morgan fingerprint density at radius 3 is 2.43 bits per heavy atom. The third-order valence-corrected chi connectivity index (χ3v) is 4.17. The Kier molecular flexibility index (Phi) is 6.24. The Morgan fingerprint density at radius 2 is 1.75 bits per heavy atom. The number of nitrogens with one attached hydrogen (secondary N) is 1. The molecular formula is C22H21NO5. The molecule has 0 saturated carbocycles. The Morgan fingerprint density at radius 1 is 1.04 bits per heavy atom. The molecule has 0 radical (unpaired) electrons. The fourth-order valence-corrected chi connectivity index (χ4v) is 2.61. The van der Waals surface area contributed by atoms with Crippen molar-refractivity contribution >= 4 is 11.9 Å². The van der Waals surface area contributed by atoms with E-state index < -0.39 is 17.9 Å². The van der Waals surface area contributed by atoms with E-state index in [9.17, 15) is 14.7 Å². The summed E-state index contributed by atoms with van der Waals surface area (Å²) in [6.45, 7) is 2.09. The quantitative estimate of drug-likeness (QED) is 0.624. The molecule has 1 amide bonds. The highest BCUT2D eigenvalue weighted by Gasteiger charge is 2.23. The number of hydrogen-bond donors (Lipinski definition) is 2. The lowest BCUT2D eigenvalue weighted by atomic mass is 10.1. The first-order chi connectivity index (χ1) is 13.5. The van der Waals surface area contributed by atoms with Crippen LogP contribution in [0.25, 0.3) is 11.3 Å². The molecule has 3 rings (SSSR count). The van der Waals surface area contributed by atoms with Gasteiger partial charge in [-0.25, -0.2) is 4.79 Å². The molecule has 6 nitrogen and oxygen atoms in total. The first-order valence-corrected chi connectivity index (χ1v) is 8.85. The zero-order valence-corrected chi connectivity index (χ0v) is 15.4. The molecule has 1 aromatic heterocycles. The molecule has 0 aliphatic rings. The number of carboxylic acid groups (broad SMARTS) is 1. The second-order valence-corrected chi connectivity index (χ2v) is 6.39. The summed E-state index contributed by atoms with van der Waals surface area (Å²) in [5.74, 6) is -1.19. The molecule has 0 aliphatic heterocycles. The Labute approximate surface area is 162 Å². The standard InChI is InChI=1S/C22H21NO5/c1-15-7-9-17(10-8-15)19-11-12-20(28-19)21(24)23-18(22(25)26)14-27-13-16-5-3-2-4-6-16/h2-12,18H,13-14H2,1H3,(H,23,24)(H,25,26). The zero-order chi connectivity index (χ0) is 19.9. The highest BCUT2D eigenvalue weighted by Crippen LogP contribution is 2.22. The third-order valence-electron chi connectivity index (χ3n) is 4.17. The van der Waals surface area contributed by atoms with Gasteiger partial charge in [-0.15, -0.1) is 0 Å². The molecule has 1 unspecified atom stereocenters. The van der Waals surface area contributed by atoms with Gasteiger partial charge in [0.1, 0.15) is 5.76 Å². The maximum absolute atomic E-state index is 12.4. The van der Waals surface area contributed by atoms with Crippen LogP contribution in [0.4, 0.5) is 0 Å². The summed E-state index contributed by atoms with van der Waals surface area (Å²) in [6.07, 6.45) is 0. The summed E-state index contributed by atoms with van der Waals surface area (Å²) < 4.78 is 11.0. The van der Waals surface area contributed by atoms with Gasteiger partial charge < -0.3 is 19.6 Å². The molecule has 0 saturated heterocycles. The molecule has 0 spiro atoms. The molecule has 6 heteroatoms. The Balaban J connectivity index is 1.59. The van der Waals surface area contributed by atoms with Gasteiger partial charge in [0, 0.05) is 5.56 Å². The maximum Gasteiger partial charge on any atom is 0.328 e. The lowest BCUT2D eigenvalue weighted by Gasteiger charge is -2.14. The predicted octanol–water partition coefficient (Wildman–Crippen LogP) is 3.65. The molecule has 0 fully saturated rings. The van der Waals surface area contributed by atoms with Gasteiger partial charge in [-0.3, -0.25) is 4.79 Å². The minimum atomic E-state index is -1.18. The zero-order valence-electron chi connectivity index (χ0n) is 15.4. The first-order valence-electron chi connectivity index (χ1n) is 8.85. The van der Waals surface area contributed by atoms with Crippen LogP contribution in [0, 0.1) is 6.92 Å². The van der Waals surface area contributed by atoms with Crippen LogP contribution in [0.3, 0.4) is 0 Å². The van der Waals surface area contributed by atoms with Crippen LogP contribution in [-0.2, 0) is 16.1 Å². The van der Waals surface area contributed by atoms with Crippen molar-refractivity contribution in [3.05, 3.63) is 83.6 Å². The van der Waals surface area contributed by atoms with E-state index in [4.69, 9.17) is 9.15 Å². The molecule has 3 aromatic rings. The van der Waals surface area contributed by atoms with E-state index in [2.05, 4.69) is 5.32 Å². The van der Waals surface area contributed by atoms with Gasteiger partial charge in [0.05, 0.1) is 13.2 Å². The van der Waals surface area contributed by atoms with Crippen molar-refractivity contribution in [1.82, 2.24) is 5.32 Å². The minimum Gasteiger partial charge on any atom is -0.480 e. The number of aliphatic carboxylic acids is 1. The highest BCUT2D eigenvalue weighted by atomic mass is 16.5. The molecule has 0 aliphatic carbocycles. The summed E-state index contributed by atoms with van der Waals surface area (Å²) in [6, 6.07) is 19.1. The summed E-state index contributed by atoms with van der Waals surface area (Å²) in [5.41, 5.74) is 2.88. The maximum atomic E-state index is 12.4. The van der Waals surface area contributed by atoms with Crippen molar-refractivity contribution in [3.63, 3.8) is 0 Å². The number of carbonyl (C=O) groups is 2. The van der Waals surface area contributed by atoms with Gasteiger partial charge in [0.15, 0.2) is 11.8 Å². The summed E-state index contributed by atoms with van der Waals surface area (Å²) in [4.78, 5) is 23.8. The van der Waals surface area contributed by atoms with Crippen molar-refractivity contribution in [3.8, 4) is 11.3 Å². The average molecular weight is 379 g/mol. The Bertz CT molecular complexity index is 931.